The van der Waals surface area contributed by atoms with Gasteiger partial charge in [0.1, 0.15) is 0 Å². The third-order valence-corrected chi connectivity index (χ3v) is 5.06. The van der Waals surface area contributed by atoms with Crippen LogP contribution in [-0.2, 0) is 6.54 Å². The zero-order valence-electron chi connectivity index (χ0n) is 14.2. The van der Waals surface area contributed by atoms with Crippen LogP contribution >= 0.6 is 15.9 Å². The first kappa shape index (κ1) is 18.0. The molecule has 132 valence electrons. The fourth-order valence-corrected chi connectivity index (χ4v) is 3.71. The quantitative estimate of drug-likeness (QED) is 0.765. The number of nitrogens with one attached hydrogen (secondary N) is 2. The zero-order chi connectivity index (χ0) is 17.5. The molecule has 0 aliphatic carbocycles. The Morgan fingerprint density at radius 3 is 2.52 bits per heavy atom. The largest absolute Gasteiger partial charge is 0.336 e. The minimum absolute atomic E-state index is 0.125. The SMILES string of the molecule is O=C(NCc1cccc(Br)c1)NCC(c1ccccc1)N1CCCC1. The fourth-order valence-electron chi connectivity index (χ4n) is 3.27. The predicted octanol–water partition coefficient (Wildman–Crippen LogP) is 4.09. The van der Waals surface area contributed by atoms with Crippen molar-refractivity contribution in [2.75, 3.05) is 19.6 Å². The van der Waals surface area contributed by atoms with Gasteiger partial charge in [-0.2, -0.15) is 0 Å². The maximum atomic E-state index is 12.2. The molecule has 1 fully saturated rings. The molecule has 25 heavy (non-hydrogen) atoms. The van der Waals surface area contributed by atoms with Crippen LogP contribution < -0.4 is 10.6 Å². The summed E-state index contributed by atoms with van der Waals surface area (Å²) in [5.41, 5.74) is 2.33. The van der Waals surface area contributed by atoms with Crippen molar-refractivity contribution in [1.82, 2.24) is 15.5 Å². The predicted molar refractivity (Wildman–Crippen MR) is 104 cm³/mol. The molecule has 1 saturated heterocycles. The fraction of sp³-hybridized carbons (Fsp3) is 0.350. The molecule has 0 aromatic heterocycles. The van der Waals surface area contributed by atoms with E-state index in [9.17, 15) is 4.79 Å². The number of amides is 2. The van der Waals surface area contributed by atoms with Crippen molar-refractivity contribution in [2.45, 2.75) is 25.4 Å². The van der Waals surface area contributed by atoms with Crippen LogP contribution in [0.4, 0.5) is 4.79 Å². The Bertz CT molecular complexity index is 686. The van der Waals surface area contributed by atoms with Gasteiger partial charge in [-0.25, -0.2) is 4.79 Å². The molecule has 0 radical (unpaired) electrons. The number of halogens is 1. The average Bonchev–Trinajstić information content (AvgIpc) is 3.15. The molecule has 1 atom stereocenters. The number of carbonyl (C=O) groups is 1. The summed E-state index contributed by atoms with van der Waals surface area (Å²) in [4.78, 5) is 14.7. The van der Waals surface area contributed by atoms with Gasteiger partial charge in [0.15, 0.2) is 0 Å². The van der Waals surface area contributed by atoms with E-state index >= 15 is 0 Å². The number of hydrogen-bond acceptors (Lipinski definition) is 2. The Morgan fingerprint density at radius 1 is 1.04 bits per heavy atom. The van der Waals surface area contributed by atoms with Gasteiger partial charge in [0, 0.05) is 17.6 Å². The molecule has 3 rings (SSSR count). The Labute approximate surface area is 157 Å². The van der Waals surface area contributed by atoms with E-state index in [0.717, 1.165) is 23.1 Å². The molecule has 1 aliphatic rings. The van der Waals surface area contributed by atoms with Crippen LogP contribution in [0.5, 0.6) is 0 Å². The number of hydrogen-bond donors (Lipinski definition) is 2. The summed E-state index contributed by atoms with van der Waals surface area (Å²) in [6.45, 7) is 3.33. The Balaban J connectivity index is 1.54. The molecule has 0 saturated carbocycles. The smallest absolute Gasteiger partial charge is 0.315 e. The zero-order valence-corrected chi connectivity index (χ0v) is 15.8. The van der Waals surface area contributed by atoms with E-state index in [1.54, 1.807) is 0 Å². The van der Waals surface area contributed by atoms with Gasteiger partial charge >= 0.3 is 6.03 Å². The van der Waals surface area contributed by atoms with Crippen LogP contribution in [0.25, 0.3) is 0 Å². The number of urea groups is 1. The number of carbonyl (C=O) groups excluding carboxylic acids is 1. The Kier molecular flexibility index (Phi) is 6.48. The lowest BCUT2D eigenvalue weighted by atomic mass is 10.1. The van der Waals surface area contributed by atoms with Gasteiger partial charge in [-0.1, -0.05) is 58.4 Å². The lowest BCUT2D eigenvalue weighted by molar-refractivity contribution is 0.220. The van der Waals surface area contributed by atoms with Gasteiger partial charge in [-0.05, 0) is 49.2 Å². The minimum atomic E-state index is -0.125. The van der Waals surface area contributed by atoms with Crippen LogP contribution in [0, 0.1) is 0 Å². The maximum Gasteiger partial charge on any atom is 0.315 e. The highest BCUT2D eigenvalue weighted by atomic mass is 79.9. The molecule has 1 heterocycles. The second kappa shape index (κ2) is 9.02. The molecule has 0 spiro atoms. The van der Waals surface area contributed by atoms with Crippen LogP contribution in [0.2, 0.25) is 0 Å². The number of benzene rings is 2. The summed E-state index contributed by atoms with van der Waals surface area (Å²) in [7, 11) is 0. The first-order valence-corrected chi connectivity index (χ1v) is 9.57. The first-order valence-electron chi connectivity index (χ1n) is 8.77. The lowest BCUT2D eigenvalue weighted by Crippen LogP contribution is -2.41. The van der Waals surface area contributed by atoms with E-state index in [-0.39, 0.29) is 12.1 Å². The second-order valence-electron chi connectivity index (χ2n) is 6.36. The van der Waals surface area contributed by atoms with Gasteiger partial charge in [-0.15, -0.1) is 0 Å². The molecule has 1 unspecified atom stereocenters. The lowest BCUT2D eigenvalue weighted by Gasteiger charge is -2.28. The van der Waals surface area contributed by atoms with E-state index in [1.807, 2.05) is 30.3 Å². The van der Waals surface area contributed by atoms with Crippen molar-refractivity contribution in [1.29, 1.82) is 0 Å². The van der Waals surface area contributed by atoms with E-state index in [0.29, 0.717) is 13.1 Å². The van der Waals surface area contributed by atoms with Crippen LogP contribution in [0.15, 0.2) is 59.1 Å². The van der Waals surface area contributed by atoms with Crippen molar-refractivity contribution in [2.24, 2.45) is 0 Å². The van der Waals surface area contributed by atoms with Crippen molar-refractivity contribution in [3.05, 3.63) is 70.2 Å². The number of likely N-dealkylation sites (tertiary alicyclic amines) is 1. The summed E-state index contributed by atoms with van der Waals surface area (Å²) in [5.74, 6) is 0. The van der Waals surface area contributed by atoms with Gasteiger partial charge in [-0.3, -0.25) is 4.90 Å². The monoisotopic (exact) mass is 401 g/mol. The Morgan fingerprint density at radius 2 is 1.80 bits per heavy atom. The maximum absolute atomic E-state index is 12.2. The minimum Gasteiger partial charge on any atom is -0.336 e. The third kappa shape index (κ3) is 5.31. The first-order chi connectivity index (χ1) is 12.2. The number of rotatable bonds is 6. The third-order valence-electron chi connectivity index (χ3n) is 4.56. The second-order valence-corrected chi connectivity index (χ2v) is 7.28. The molecule has 2 aromatic carbocycles. The Hall–Kier alpha value is -1.85. The highest BCUT2D eigenvalue weighted by Crippen LogP contribution is 2.24. The summed E-state index contributed by atoms with van der Waals surface area (Å²) in [5, 5.41) is 5.97. The molecule has 5 heteroatoms. The van der Waals surface area contributed by atoms with Crippen molar-refractivity contribution >= 4 is 22.0 Å². The molecule has 0 bridgehead atoms. The van der Waals surface area contributed by atoms with E-state index < -0.39 is 0 Å². The summed E-state index contributed by atoms with van der Waals surface area (Å²) in [6, 6.07) is 18.5. The van der Waals surface area contributed by atoms with Crippen molar-refractivity contribution < 1.29 is 4.79 Å². The van der Waals surface area contributed by atoms with Crippen LogP contribution in [0.3, 0.4) is 0 Å². The average molecular weight is 402 g/mol. The van der Waals surface area contributed by atoms with Crippen molar-refractivity contribution in [3.63, 3.8) is 0 Å². The van der Waals surface area contributed by atoms with Gasteiger partial charge in [0.2, 0.25) is 0 Å². The molecule has 2 N–H and O–H groups in total. The van der Waals surface area contributed by atoms with Gasteiger partial charge < -0.3 is 10.6 Å². The molecule has 2 aromatic rings. The van der Waals surface area contributed by atoms with Crippen LogP contribution in [0.1, 0.15) is 30.0 Å². The normalized spacial score (nSPS) is 15.7. The van der Waals surface area contributed by atoms with Crippen molar-refractivity contribution in [3.8, 4) is 0 Å². The van der Waals surface area contributed by atoms with Gasteiger partial charge in [0.05, 0.1) is 6.04 Å². The molecule has 1 aliphatic heterocycles. The molecule has 4 nitrogen and oxygen atoms in total. The topological polar surface area (TPSA) is 44.4 Å². The number of nitrogens with zero attached hydrogens (tertiary/aromatic N) is 1. The summed E-state index contributed by atoms with van der Waals surface area (Å²) >= 11 is 3.45. The summed E-state index contributed by atoms with van der Waals surface area (Å²) in [6.07, 6.45) is 2.47. The highest BCUT2D eigenvalue weighted by molar-refractivity contribution is 9.10. The highest BCUT2D eigenvalue weighted by Gasteiger charge is 2.23. The standard InChI is InChI=1S/C20H24BrN3O/c21-18-10-6-7-16(13-18)14-22-20(25)23-15-19(24-11-4-5-12-24)17-8-2-1-3-9-17/h1-3,6-10,13,19H,4-5,11-12,14-15H2,(H2,22,23,25). The van der Waals surface area contributed by atoms with E-state index in [4.69, 9.17) is 0 Å². The molecular weight excluding hydrogens is 378 g/mol. The molecular formula is C20H24BrN3O. The summed E-state index contributed by atoms with van der Waals surface area (Å²) < 4.78 is 1.02. The van der Waals surface area contributed by atoms with E-state index in [1.165, 1.54) is 18.4 Å². The van der Waals surface area contributed by atoms with Gasteiger partial charge in [0.25, 0.3) is 0 Å². The molecule has 2 amide bonds. The van der Waals surface area contributed by atoms with Crippen LogP contribution in [-0.4, -0.2) is 30.6 Å². The van der Waals surface area contributed by atoms with E-state index in [2.05, 4.69) is 55.7 Å².